The van der Waals surface area contributed by atoms with Gasteiger partial charge in [-0.3, -0.25) is 4.79 Å². The van der Waals surface area contributed by atoms with Crippen LogP contribution < -0.4 is 0 Å². The molecule has 2 saturated heterocycles. The van der Waals surface area contributed by atoms with Crippen LogP contribution in [0.1, 0.15) is 49.5 Å². The maximum Gasteiger partial charge on any atom is 0.226 e. The molecule has 0 radical (unpaired) electrons. The van der Waals surface area contributed by atoms with Crippen LogP contribution in [0.5, 0.6) is 0 Å². The normalized spacial score (nSPS) is 22.6. The third kappa shape index (κ3) is 3.80. The highest BCUT2D eigenvalue weighted by Gasteiger charge is 2.36. The molecule has 1 aromatic carbocycles. The molecular formula is C20H28N4O3S. The molecule has 0 spiro atoms. The molecule has 0 aliphatic carbocycles. The van der Waals surface area contributed by atoms with Crippen molar-refractivity contribution < 1.29 is 13.2 Å². The quantitative estimate of drug-likeness (QED) is 0.852. The van der Waals surface area contributed by atoms with E-state index >= 15 is 0 Å². The molecule has 4 rings (SSSR count). The number of carbonyl (C=O) groups is 1. The number of imidazole rings is 1. The summed E-state index contributed by atoms with van der Waals surface area (Å²) >= 11 is 0. The van der Waals surface area contributed by atoms with Crippen LogP contribution in [0.25, 0.3) is 11.0 Å². The van der Waals surface area contributed by atoms with Crippen molar-refractivity contribution in [2.75, 3.05) is 25.9 Å². The van der Waals surface area contributed by atoms with E-state index in [9.17, 15) is 13.2 Å². The van der Waals surface area contributed by atoms with Crippen molar-refractivity contribution in [1.82, 2.24) is 19.2 Å². The average Bonchev–Trinajstić information content (AvgIpc) is 3.10. The number of benzene rings is 1. The molecule has 2 aliphatic rings. The Balaban J connectivity index is 1.52. The van der Waals surface area contributed by atoms with Gasteiger partial charge >= 0.3 is 0 Å². The van der Waals surface area contributed by atoms with E-state index < -0.39 is 10.0 Å². The molecule has 7 nitrogen and oxygen atoms in total. The van der Waals surface area contributed by atoms with Crippen molar-refractivity contribution in [3.63, 3.8) is 0 Å². The van der Waals surface area contributed by atoms with Gasteiger partial charge in [0.05, 0.1) is 23.3 Å². The number of aromatic amines is 1. The van der Waals surface area contributed by atoms with Crippen molar-refractivity contribution in [1.29, 1.82) is 0 Å². The number of piperidine rings is 2. The van der Waals surface area contributed by atoms with Crippen LogP contribution >= 0.6 is 0 Å². The average molecular weight is 405 g/mol. The number of hydrogen-bond donors (Lipinski definition) is 1. The van der Waals surface area contributed by atoms with E-state index in [1.165, 1.54) is 16.1 Å². The lowest BCUT2D eigenvalue weighted by Crippen LogP contribution is -2.46. The number of likely N-dealkylation sites (tertiary alicyclic amines) is 1. The van der Waals surface area contributed by atoms with Gasteiger partial charge in [-0.1, -0.05) is 6.07 Å². The molecule has 2 aromatic rings. The van der Waals surface area contributed by atoms with Crippen LogP contribution in [-0.4, -0.2) is 59.4 Å². The molecule has 1 unspecified atom stereocenters. The van der Waals surface area contributed by atoms with E-state index in [1.54, 1.807) is 0 Å². The van der Waals surface area contributed by atoms with Crippen molar-refractivity contribution in [3.8, 4) is 0 Å². The Morgan fingerprint density at radius 2 is 1.89 bits per heavy atom. The maximum absolute atomic E-state index is 13.3. The fourth-order valence-electron chi connectivity index (χ4n) is 4.45. The predicted octanol–water partition coefficient (Wildman–Crippen LogP) is 2.60. The SMILES string of the molecule is Cc1ccc2nc(C3CCCCN3C(=O)C3CCN(S(C)(=O)=O)CC3)[nH]c2c1. The number of H-pyrrole nitrogens is 1. The first-order chi connectivity index (χ1) is 13.3. The number of hydrogen-bond acceptors (Lipinski definition) is 4. The standard InChI is InChI=1S/C20H28N4O3S/c1-14-6-7-16-17(13-14)22-19(21-16)18-5-3-4-10-24(18)20(25)15-8-11-23(12-9-15)28(2,26)27/h6-7,13,15,18H,3-5,8-12H2,1-2H3,(H,21,22). The Bertz CT molecular complexity index is 976. The summed E-state index contributed by atoms with van der Waals surface area (Å²) in [5, 5.41) is 0. The first-order valence-electron chi connectivity index (χ1n) is 10.0. The van der Waals surface area contributed by atoms with E-state index in [0.717, 1.165) is 42.7 Å². The molecule has 1 atom stereocenters. The Labute approximate surface area is 166 Å². The number of sulfonamides is 1. The number of nitrogens with zero attached hydrogens (tertiary/aromatic N) is 3. The van der Waals surface area contributed by atoms with Gasteiger partial charge in [-0.2, -0.15) is 0 Å². The summed E-state index contributed by atoms with van der Waals surface area (Å²) in [7, 11) is -3.18. The molecule has 28 heavy (non-hydrogen) atoms. The van der Waals surface area contributed by atoms with E-state index in [4.69, 9.17) is 4.98 Å². The summed E-state index contributed by atoms with van der Waals surface area (Å²) in [4.78, 5) is 23.5. The second kappa shape index (κ2) is 7.48. The Morgan fingerprint density at radius 1 is 1.14 bits per heavy atom. The first-order valence-corrected chi connectivity index (χ1v) is 11.9. The minimum absolute atomic E-state index is 0.0260. The van der Waals surface area contributed by atoms with Crippen molar-refractivity contribution in [2.24, 2.45) is 5.92 Å². The van der Waals surface area contributed by atoms with E-state index in [-0.39, 0.29) is 17.9 Å². The zero-order valence-electron chi connectivity index (χ0n) is 16.5. The van der Waals surface area contributed by atoms with Crippen LogP contribution in [0.3, 0.4) is 0 Å². The molecule has 0 bridgehead atoms. The van der Waals surface area contributed by atoms with Gasteiger partial charge in [0, 0.05) is 25.6 Å². The fourth-order valence-corrected chi connectivity index (χ4v) is 5.32. The smallest absolute Gasteiger partial charge is 0.226 e. The molecule has 1 aromatic heterocycles. The Morgan fingerprint density at radius 3 is 2.61 bits per heavy atom. The van der Waals surface area contributed by atoms with Crippen molar-refractivity contribution >= 4 is 27.0 Å². The van der Waals surface area contributed by atoms with Gasteiger partial charge in [0.2, 0.25) is 15.9 Å². The number of aromatic nitrogens is 2. The highest BCUT2D eigenvalue weighted by atomic mass is 32.2. The first kappa shape index (κ1) is 19.4. The molecule has 3 heterocycles. The van der Waals surface area contributed by atoms with Crippen LogP contribution in [-0.2, 0) is 14.8 Å². The highest BCUT2D eigenvalue weighted by Crippen LogP contribution is 2.33. The lowest BCUT2D eigenvalue weighted by Gasteiger charge is -2.38. The van der Waals surface area contributed by atoms with Gasteiger partial charge in [0.15, 0.2) is 0 Å². The monoisotopic (exact) mass is 404 g/mol. The summed E-state index contributed by atoms with van der Waals surface area (Å²) < 4.78 is 24.9. The summed E-state index contributed by atoms with van der Waals surface area (Å²) in [5.41, 5.74) is 3.12. The second-order valence-electron chi connectivity index (χ2n) is 8.12. The Kier molecular flexibility index (Phi) is 5.18. The molecule has 2 aliphatic heterocycles. The largest absolute Gasteiger partial charge is 0.340 e. The van der Waals surface area contributed by atoms with E-state index in [2.05, 4.69) is 18.0 Å². The molecule has 2 fully saturated rings. The molecular weight excluding hydrogens is 376 g/mol. The van der Waals surface area contributed by atoms with Crippen LogP contribution in [0.15, 0.2) is 18.2 Å². The number of amides is 1. The van der Waals surface area contributed by atoms with Crippen LogP contribution in [0.4, 0.5) is 0 Å². The minimum atomic E-state index is -3.18. The number of fused-ring (bicyclic) bond motifs is 1. The summed E-state index contributed by atoms with van der Waals surface area (Å²) in [6, 6.07) is 6.12. The third-order valence-electron chi connectivity index (χ3n) is 6.03. The number of nitrogens with one attached hydrogen (secondary N) is 1. The highest BCUT2D eigenvalue weighted by molar-refractivity contribution is 7.88. The fraction of sp³-hybridized carbons (Fsp3) is 0.600. The van der Waals surface area contributed by atoms with Gasteiger partial charge in [0.25, 0.3) is 0 Å². The predicted molar refractivity (Wildman–Crippen MR) is 108 cm³/mol. The maximum atomic E-state index is 13.3. The summed E-state index contributed by atoms with van der Waals surface area (Å²) in [5.74, 6) is 0.905. The molecule has 1 amide bonds. The van der Waals surface area contributed by atoms with Gasteiger partial charge in [-0.15, -0.1) is 0 Å². The van der Waals surface area contributed by atoms with Gasteiger partial charge in [0.1, 0.15) is 5.82 Å². The lowest BCUT2D eigenvalue weighted by atomic mass is 9.93. The number of carbonyl (C=O) groups excluding carboxylic acids is 1. The summed E-state index contributed by atoms with van der Waals surface area (Å²) in [6.45, 7) is 3.65. The second-order valence-corrected chi connectivity index (χ2v) is 10.1. The topological polar surface area (TPSA) is 86.4 Å². The van der Waals surface area contributed by atoms with Crippen LogP contribution in [0.2, 0.25) is 0 Å². The van der Waals surface area contributed by atoms with Crippen molar-refractivity contribution in [2.45, 2.75) is 45.1 Å². The van der Waals surface area contributed by atoms with E-state index in [1.807, 2.05) is 17.0 Å². The number of rotatable bonds is 3. The van der Waals surface area contributed by atoms with Gasteiger partial charge < -0.3 is 9.88 Å². The third-order valence-corrected chi connectivity index (χ3v) is 7.33. The molecule has 8 heteroatoms. The van der Waals surface area contributed by atoms with Gasteiger partial charge in [-0.25, -0.2) is 17.7 Å². The van der Waals surface area contributed by atoms with Crippen molar-refractivity contribution in [3.05, 3.63) is 29.6 Å². The Hall–Kier alpha value is -1.93. The zero-order valence-corrected chi connectivity index (χ0v) is 17.3. The minimum Gasteiger partial charge on any atom is -0.340 e. The zero-order chi connectivity index (χ0) is 19.9. The molecule has 0 saturated carbocycles. The van der Waals surface area contributed by atoms with Crippen LogP contribution in [0, 0.1) is 12.8 Å². The molecule has 1 N–H and O–H groups in total. The van der Waals surface area contributed by atoms with Gasteiger partial charge in [-0.05, 0) is 56.7 Å². The number of aryl methyl sites for hydroxylation is 1. The lowest BCUT2D eigenvalue weighted by molar-refractivity contribution is -0.141. The summed E-state index contributed by atoms with van der Waals surface area (Å²) in [6.07, 6.45) is 5.41. The molecule has 152 valence electrons. The van der Waals surface area contributed by atoms with E-state index in [0.29, 0.717) is 25.9 Å².